The van der Waals surface area contributed by atoms with Crippen LogP contribution in [0.4, 0.5) is 5.69 Å². The summed E-state index contributed by atoms with van der Waals surface area (Å²) < 4.78 is 0. The second-order valence-electron chi connectivity index (χ2n) is 3.97. The van der Waals surface area contributed by atoms with Gasteiger partial charge in [-0.25, -0.2) is 4.98 Å². The lowest BCUT2D eigenvalue weighted by Gasteiger charge is -2.09. The molecular weight excluding hydrogens is 282 g/mol. The summed E-state index contributed by atoms with van der Waals surface area (Å²) in [5.41, 5.74) is 1.29. The summed E-state index contributed by atoms with van der Waals surface area (Å²) in [5, 5.41) is 7.37. The molecule has 0 fully saturated rings. The number of thiazole rings is 1. The molecule has 1 heterocycles. The Hall–Kier alpha value is -1.59. The van der Waals surface area contributed by atoms with E-state index in [2.05, 4.69) is 15.6 Å². The summed E-state index contributed by atoms with van der Waals surface area (Å²) in [5.74, 6) is -0.155. The second-order valence-corrected chi connectivity index (χ2v) is 5.72. The molecule has 2 aromatic rings. The van der Waals surface area contributed by atoms with E-state index in [1.54, 1.807) is 42.8 Å². The average molecular weight is 296 g/mol. The molecular formula is C13H14ClN3OS. The molecule has 1 aromatic heterocycles. The molecule has 0 saturated heterocycles. The van der Waals surface area contributed by atoms with Crippen molar-refractivity contribution >= 4 is 34.5 Å². The molecule has 2 rings (SSSR count). The van der Waals surface area contributed by atoms with Crippen LogP contribution in [-0.4, -0.2) is 17.9 Å². The van der Waals surface area contributed by atoms with Crippen LogP contribution in [0.2, 0.25) is 5.02 Å². The third kappa shape index (κ3) is 3.45. The zero-order chi connectivity index (χ0) is 13.8. The zero-order valence-electron chi connectivity index (χ0n) is 10.7. The molecule has 0 saturated carbocycles. The lowest BCUT2D eigenvalue weighted by atomic mass is 10.1. The summed E-state index contributed by atoms with van der Waals surface area (Å²) >= 11 is 7.49. The Labute approximate surface area is 120 Å². The van der Waals surface area contributed by atoms with Gasteiger partial charge in [0.1, 0.15) is 0 Å². The number of nitrogens with one attached hydrogen (secondary N) is 2. The number of aromatic nitrogens is 1. The van der Waals surface area contributed by atoms with Gasteiger partial charge in [-0.1, -0.05) is 11.6 Å². The number of nitrogens with zero attached hydrogens (tertiary/aromatic N) is 1. The van der Waals surface area contributed by atoms with Gasteiger partial charge in [-0.05, 0) is 25.1 Å². The molecule has 100 valence electrons. The summed E-state index contributed by atoms with van der Waals surface area (Å²) in [6, 6.07) is 5.19. The molecule has 6 heteroatoms. The molecule has 0 aliphatic carbocycles. The summed E-state index contributed by atoms with van der Waals surface area (Å²) in [7, 11) is 1.77. The van der Waals surface area contributed by atoms with Crippen molar-refractivity contribution in [1.29, 1.82) is 0 Å². The van der Waals surface area contributed by atoms with Gasteiger partial charge in [0.05, 0.1) is 17.1 Å². The van der Waals surface area contributed by atoms with Crippen LogP contribution in [0.15, 0.2) is 24.4 Å². The summed E-state index contributed by atoms with van der Waals surface area (Å²) in [6.45, 7) is 2.41. The normalized spacial score (nSPS) is 10.3. The Morgan fingerprint density at radius 1 is 1.47 bits per heavy atom. The van der Waals surface area contributed by atoms with Crippen molar-refractivity contribution in [3.05, 3.63) is 44.9 Å². The van der Waals surface area contributed by atoms with Crippen LogP contribution in [0.5, 0.6) is 0 Å². The molecule has 0 unspecified atom stereocenters. The highest BCUT2D eigenvalue weighted by atomic mass is 35.5. The van der Waals surface area contributed by atoms with E-state index in [0.717, 1.165) is 15.6 Å². The van der Waals surface area contributed by atoms with Gasteiger partial charge in [-0.15, -0.1) is 11.3 Å². The van der Waals surface area contributed by atoms with Crippen LogP contribution < -0.4 is 10.6 Å². The van der Waals surface area contributed by atoms with E-state index >= 15 is 0 Å². The van der Waals surface area contributed by atoms with Gasteiger partial charge < -0.3 is 10.6 Å². The molecule has 0 aliphatic heterocycles. The van der Waals surface area contributed by atoms with Gasteiger partial charge in [-0.2, -0.15) is 0 Å². The zero-order valence-corrected chi connectivity index (χ0v) is 12.2. The number of benzene rings is 1. The number of amides is 1. The average Bonchev–Trinajstić information content (AvgIpc) is 2.81. The number of hydrogen-bond donors (Lipinski definition) is 2. The van der Waals surface area contributed by atoms with Crippen molar-refractivity contribution in [1.82, 2.24) is 10.3 Å². The number of hydrogen-bond acceptors (Lipinski definition) is 4. The minimum absolute atomic E-state index is 0.155. The quantitative estimate of drug-likeness (QED) is 0.911. The molecule has 0 spiro atoms. The second kappa shape index (κ2) is 6.04. The summed E-state index contributed by atoms with van der Waals surface area (Å²) in [4.78, 5) is 17.3. The van der Waals surface area contributed by atoms with Gasteiger partial charge in [0.15, 0.2) is 0 Å². The van der Waals surface area contributed by atoms with Crippen molar-refractivity contribution in [2.75, 3.05) is 12.4 Å². The van der Waals surface area contributed by atoms with Crippen molar-refractivity contribution in [3.63, 3.8) is 0 Å². The maximum absolute atomic E-state index is 12.1. The first-order chi connectivity index (χ1) is 9.10. The fourth-order valence-electron chi connectivity index (χ4n) is 1.67. The van der Waals surface area contributed by atoms with E-state index in [1.165, 1.54) is 0 Å². The third-order valence-electron chi connectivity index (χ3n) is 2.59. The van der Waals surface area contributed by atoms with Crippen molar-refractivity contribution in [2.24, 2.45) is 0 Å². The molecule has 19 heavy (non-hydrogen) atoms. The first-order valence-electron chi connectivity index (χ1n) is 5.77. The van der Waals surface area contributed by atoms with Gasteiger partial charge in [0.2, 0.25) is 0 Å². The van der Waals surface area contributed by atoms with E-state index in [1.807, 2.05) is 6.92 Å². The highest BCUT2D eigenvalue weighted by Crippen LogP contribution is 2.20. The highest BCUT2D eigenvalue weighted by Gasteiger charge is 2.11. The monoisotopic (exact) mass is 295 g/mol. The van der Waals surface area contributed by atoms with E-state index in [-0.39, 0.29) is 5.91 Å². The molecule has 1 aromatic carbocycles. The predicted octanol–water partition coefficient (Wildman–Crippen LogP) is 3.08. The Morgan fingerprint density at radius 2 is 2.26 bits per heavy atom. The Balaban J connectivity index is 2.09. The Morgan fingerprint density at radius 3 is 2.89 bits per heavy atom. The molecule has 1 amide bonds. The van der Waals surface area contributed by atoms with E-state index in [9.17, 15) is 4.79 Å². The molecule has 0 bridgehead atoms. The third-order valence-corrected chi connectivity index (χ3v) is 3.74. The van der Waals surface area contributed by atoms with E-state index < -0.39 is 0 Å². The number of rotatable bonds is 4. The van der Waals surface area contributed by atoms with Gasteiger partial charge in [-0.3, -0.25) is 4.79 Å². The van der Waals surface area contributed by atoms with Crippen LogP contribution in [0.1, 0.15) is 20.2 Å². The van der Waals surface area contributed by atoms with Crippen molar-refractivity contribution in [3.8, 4) is 0 Å². The van der Waals surface area contributed by atoms with E-state index in [4.69, 9.17) is 11.6 Å². The van der Waals surface area contributed by atoms with Crippen LogP contribution >= 0.6 is 22.9 Å². The van der Waals surface area contributed by atoms with Gasteiger partial charge in [0, 0.05) is 28.8 Å². The number of anilines is 1. The number of carbonyl (C=O) groups is 1. The van der Waals surface area contributed by atoms with Gasteiger partial charge in [0.25, 0.3) is 5.91 Å². The van der Waals surface area contributed by atoms with Crippen LogP contribution in [0.25, 0.3) is 0 Å². The minimum atomic E-state index is -0.155. The van der Waals surface area contributed by atoms with Gasteiger partial charge >= 0.3 is 0 Å². The van der Waals surface area contributed by atoms with Crippen LogP contribution in [-0.2, 0) is 6.54 Å². The smallest absolute Gasteiger partial charge is 0.253 e. The topological polar surface area (TPSA) is 54.0 Å². The van der Waals surface area contributed by atoms with Crippen molar-refractivity contribution < 1.29 is 4.79 Å². The maximum atomic E-state index is 12.1. The maximum Gasteiger partial charge on any atom is 0.253 e. The first kappa shape index (κ1) is 13.8. The van der Waals surface area contributed by atoms with Crippen LogP contribution in [0, 0.1) is 6.92 Å². The van der Waals surface area contributed by atoms with Crippen molar-refractivity contribution in [2.45, 2.75) is 13.5 Å². The highest BCUT2D eigenvalue weighted by molar-refractivity contribution is 7.11. The predicted molar refractivity (Wildman–Crippen MR) is 79.0 cm³/mol. The fourth-order valence-corrected chi connectivity index (χ4v) is 2.58. The fraction of sp³-hybridized carbons (Fsp3) is 0.231. The first-order valence-corrected chi connectivity index (χ1v) is 6.96. The molecule has 4 nitrogen and oxygen atoms in total. The Bertz CT molecular complexity index is 597. The number of carbonyl (C=O) groups excluding carboxylic acids is 1. The molecule has 0 atom stereocenters. The largest absolute Gasteiger partial charge is 0.387 e. The Kier molecular flexibility index (Phi) is 4.39. The lowest BCUT2D eigenvalue weighted by molar-refractivity contribution is 0.0952. The number of halogens is 1. The summed E-state index contributed by atoms with van der Waals surface area (Å²) in [6.07, 6.45) is 1.78. The standard InChI is InChI=1S/C13H14ClN3OS/c1-8-16-6-10(19-8)7-17-13(18)11-5-9(14)3-4-12(11)15-2/h3-6,15H,7H2,1-2H3,(H,17,18). The molecule has 0 radical (unpaired) electrons. The molecule has 0 aliphatic rings. The van der Waals surface area contributed by atoms with Crippen LogP contribution in [0.3, 0.4) is 0 Å². The minimum Gasteiger partial charge on any atom is -0.387 e. The SMILES string of the molecule is CNc1ccc(Cl)cc1C(=O)NCc1cnc(C)s1. The number of aryl methyl sites for hydroxylation is 1. The molecule has 2 N–H and O–H groups in total. The van der Waals surface area contributed by atoms with E-state index in [0.29, 0.717) is 17.1 Å². The lowest BCUT2D eigenvalue weighted by Crippen LogP contribution is -2.23.